The molecule has 0 radical (unpaired) electrons. The highest BCUT2D eigenvalue weighted by Crippen LogP contribution is 2.27. The van der Waals surface area contributed by atoms with E-state index in [1.165, 1.54) is 24.3 Å². The van der Waals surface area contributed by atoms with Gasteiger partial charge >= 0.3 is 6.36 Å². The molecule has 3 nitrogen and oxygen atoms in total. The summed E-state index contributed by atoms with van der Waals surface area (Å²) in [6.07, 6.45) is -4.72. The number of nitrogens with zero attached hydrogens (tertiary/aromatic N) is 2. The SMILES string of the molecule is FC(F)(F)Oc1cccc(-c2ccc(Cl)nn2)c1. The molecule has 18 heavy (non-hydrogen) atoms. The van der Waals surface area contributed by atoms with Gasteiger partial charge in [-0.2, -0.15) is 0 Å². The summed E-state index contributed by atoms with van der Waals surface area (Å²) in [5, 5.41) is 7.59. The lowest BCUT2D eigenvalue weighted by Crippen LogP contribution is -2.17. The van der Waals surface area contributed by atoms with Crippen LogP contribution < -0.4 is 4.74 Å². The zero-order chi connectivity index (χ0) is 13.2. The largest absolute Gasteiger partial charge is 0.573 e. The predicted octanol–water partition coefficient (Wildman–Crippen LogP) is 3.70. The Labute approximate surface area is 105 Å². The molecule has 0 N–H and O–H groups in total. The minimum absolute atomic E-state index is 0.210. The van der Waals surface area contributed by atoms with E-state index in [0.29, 0.717) is 11.3 Å². The van der Waals surface area contributed by atoms with E-state index in [1.54, 1.807) is 12.1 Å². The van der Waals surface area contributed by atoms with Gasteiger partial charge < -0.3 is 4.74 Å². The van der Waals surface area contributed by atoms with Crippen LogP contribution in [0.25, 0.3) is 11.3 Å². The van der Waals surface area contributed by atoms with Crippen molar-refractivity contribution in [1.29, 1.82) is 0 Å². The van der Waals surface area contributed by atoms with Crippen molar-refractivity contribution in [3.8, 4) is 17.0 Å². The fraction of sp³-hybridized carbons (Fsp3) is 0.0909. The van der Waals surface area contributed by atoms with Crippen LogP contribution >= 0.6 is 11.6 Å². The minimum atomic E-state index is -4.72. The van der Waals surface area contributed by atoms with E-state index in [-0.39, 0.29) is 10.9 Å². The number of benzene rings is 1. The summed E-state index contributed by atoms with van der Waals surface area (Å²) < 4.78 is 40.0. The van der Waals surface area contributed by atoms with Gasteiger partial charge in [-0.25, -0.2) is 0 Å². The lowest BCUT2D eigenvalue weighted by Gasteiger charge is -2.09. The molecule has 0 saturated heterocycles. The van der Waals surface area contributed by atoms with Crippen molar-refractivity contribution >= 4 is 11.6 Å². The number of hydrogen-bond donors (Lipinski definition) is 0. The number of aromatic nitrogens is 2. The number of ether oxygens (including phenoxy) is 1. The van der Waals surface area contributed by atoms with Gasteiger partial charge in [0.1, 0.15) is 5.75 Å². The Morgan fingerprint density at radius 2 is 1.83 bits per heavy atom. The maximum absolute atomic E-state index is 12.1. The molecule has 0 saturated carbocycles. The Hall–Kier alpha value is -1.82. The van der Waals surface area contributed by atoms with Gasteiger partial charge in [0.25, 0.3) is 0 Å². The van der Waals surface area contributed by atoms with Crippen LogP contribution in [-0.4, -0.2) is 16.6 Å². The lowest BCUT2D eigenvalue weighted by molar-refractivity contribution is -0.274. The van der Waals surface area contributed by atoms with Gasteiger partial charge in [0.15, 0.2) is 5.15 Å². The molecule has 2 rings (SSSR count). The Bertz CT molecular complexity index is 543. The Morgan fingerprint density at radius 3 is 2.44 bits per heavy atom. The van der Waals surface area contributed by atoms with E-state index in [0.717, 1.165) is 0 Å². The maximum atomic E-state index is 12.1. The van der Waals surface area contributed by atoms with E-state index in [2.05, 4.69) is 14.9 Å². The molecule has 0 unspecified atom stereocenters. The van der Waals surface area contributed by atoms with Crippen LogP contribution in [0.4, 0.5) is 13.2 Å². The monoisotopic (exact) mass is 274 g/mol. The molecule has 7 heteroatoms. The topological polar surface area (TPSA) is 35.0 Å². The van der Waals surface area contributed by atoms with Crippen LogP contribution in [0.5, 0.6) is 5.75 Å². The molecule has 0 fully saturated rings. The quantitative estimate of drug-likeness (QED) is 0.837. The van der Waals surface area contributed by atoms with Gasteiger partial charge in [0.05, 0.1) is 5.69 Å². The van der Waals surface area contributed by atoms with Crippen LogP contribution in [0.3, 0.4) is 0 Å². The molecule has 94 valence electrons. The molecule has 1 heterocycles. The molecule has 0 spiro atoms. The first-order valence-corrected chi connectivity index (χ1v) is 5.17. The third kappa shape index (κ3) is 3.33. The molecular formula is C11H6ClF3N2O. The molecule has 0 aliphatic rings. The van der Waals surface area contributed by atoms with E-state index < -0.39 is 6.36 Å². The van der Waals surface area contributed by atoms with E-state index in [1.807, 2.05) is 0 Å². The number of alkyl halides is 3. The van der Waals surface area contributed by atoms with Gasteiger partial charge in [-0.1, -0.05) is 23.7 Å². The first-order chi connectivity index (χ1) is 8.44. The van der Waals surface area contributed by atoms with Gasteiger partial charge in [-0.3, -0.25) is 0 Å². The Kier molecular flexibility index (Phi) is 3.38. The molecule has 2 aromatic rings. The van der Waals surface area contributed by atoms with Crippen LogP contribution in [-0.2, 0) is 0 Å². The second-order valence-electron chi connectivity index (χ2n) is 3.32. The smallest absolute Gasteiger partial charge is 0.406 e. The van der Waals surface area contributed by atoms with Gasteiger partial charge in [-0.05, 0) is 24.3 Å². The zero-order valence-corrected chi connectivity index (χ0v) is 9.53. The second kappa shape index (κ2) is 4.81. The molecule has 0 amide bonds. The van der Waals surface area contributed by atoms with Crippen LogP contribution in [0.1, 0.15) is 0 Å². The van der Waals surface area contributed by atoms with Crippen molar-refractivity contribution in [3.05, 3.63) is 41.6 Å². The fourth-order valence-electron chi connectivity index (χ4n) is 1.32. The summed E-state index contributed by atoms with van der Waals surface area (Å²) in [6, 6.07) is 8.53. The highest BCUT2D eigenvalue weighted by atomic mass is 35.5. The summed E-state index contributed by atoms with van der Waals surface area (Å²) in [6.45, 7) is 0. The van der Waals surface area contributed by atoms with E-state index >= 15 is 0 Å². The maximum Gasteiger partial charge on any atom is 0.573 e. The average molecular weight is 275 g/mol. The van der Waals surface area contributed by atoms with Crippen molar-refractivity contribution in [3.63, 3.8) is 0 Å². The van der Waals surface area contributed by atoms with E-state index in [4.69, 9.17) is 11.6 Å². The Morgan fingerprint density at radius 1 is 1.06 bits per heavy atom. The van der Waals surface area contributed by atoms with Crippen molar-refractivity contribution in [2.75, 3.05) is 0 Å². The van der Waals surface area contributed by atoms with Gasteiger partial charge in [0.2, 0.25) is 0 Å². The summed E-state index contributed by atoms with van der Waals surface area (Å²) in [7, 11) is 0. The van der Waals surface area contributed by atoms with Crippen molar-refractivity contribution < 1.29 is 17.9 Å². The summed E-state index contributed by atoms with van der Waals surface area (Å²) >= 11 is 5.57. The van der Waals surface area contributed by atoms with Crippen LogP contribution in [0, 0.1) is 0 Å². The second-order valence-corrected chi connectivity index (χ2v) is 3.70. The fourth-order valence-corrected chi connectivity index (χ4v) is 1.42. The van der Waals surface area contributed by atoms with Gasteiger partial charge in [-0.15, -0.1) is 23.4 Å². The number of hydrogen-bond acceptors (Lipinski definition) is 3. The van der Waals surface area contributed by atoms with Crippen molar-refractivity contribution in [2.24, 2.45) is 0 Å². The molecule has 0 atom stereocenters. The predicted molar refractivity (Wildman–Crippen MR) is 59.2 cm³/mol. The van der Waals surface area contributed by atoms with Crippen LogP contribution in [0.15, 0.2) is 36.4 Å². The minimum Gasteiger partial charge on any atom is -0.406 e. The highest BCUT2D eigenvalue weighted by Gasteiger charge is 2.31. The van der Waals surface area contributed by atoms with Crippen molar-refractivity contribution in [2.45, 2.75) is 6.36 Å². The average Bonchev–Trinajstić information content (AvgIpc) is 2.28. The van der Waals surface area contributed by atoms with Crippen LogP contribution in [0.2, 0.25) is 5.15 Å². The lowest BCUT2D eigenvalue weighted by atomic mass is 10.1. The molecular weight excluding hydrogens is 269 g/mol. The van der Waals surface area contributed by atoms with E-state index in [9.17, 15) is 13.2 Å². The normalized spacial score (nSPS) is 11.3. The summed E-state index contributed by atoms with van der Waals surface area (Å²) in [4.78, 5) is 0. The van der Waals surface area contributed by atoms with Gasteiger partial charge in [0, 0.05) is 5.56 Å². The number of rotatable bonds is 2. The van der Waals surface area contributed by atoms with Crippen molar-refractivity contribution in [1.82, 2.24) is 10.2 Å². The summed E-state index contributed by atoms with van der Waals surface area (Å²) in [5.41, 5.74) is 0.868. The number of halogens is 4. The zero-order valence-electron chi connectivity index (χ0n) is 8.78. The molecule has 1 aromatic heterocycles. The highest BCUT2D eigenvalue weighted by molar-refractivity contribution is 6.29. The third-order valence-corrected chi connectivity index (χ3v) is 2.20. The third-order valence-electron chi connectivity index (χ3n) is 2.00. The standard InChI is InChI=1S/C11H6ClF3N2O/c12-10-5-4-9(16-17-10)7-2-1-3-8(6-7)18-11(13,14)15/h1-6H. The molecule has 0 aliphatic carbocycles. The molecule has 1 aromatic carbocycles. The summed E-state index contributed by atoms with van der Waals surface area (Å²) in [5.74, 6) is -0.309. The first kappa shape index (κ1) is 12.6. The Balaban J connectivity index is 2.29. The molecule has 0 aliphatic heterocycles. The first-order valence-electron chi connectivity index (χ1n) is 4.79. The molecule has 0 bridgehead atoms.